The normalized spacial score (nSPS) is 28.4. The molecular weight excluding hydrogens is 504 g/mol. The number of nitrogens with zero attached hydrogens (tertiary/aromatic N) is 2. The molecular formula is C28H36N4O7. The number of ketones is 2. The largest absolute Gasteiger partial charge is 0.510 e. The van der Waals surface area contributed by atoms with E-state index >= 15 is 0 Å². The summed E-state index contributed by atoms with van der Waals surface area (Å²) in [6.45, 7) is 1.15. The summed E-state index contributed by atoms with van der Waals surface area (Å²) in [4.78, 5) is 43.0. The number of aromatic hydroxyl groups is 1. The van der Waals surface area contributed by atoms with E-state index in [-0.39, 0.29) is 29.7 Å². The Hall–Kier alpha value is -3.41. The minimum absolute atomic E-state index is 0.0326. The van der Waals surface area contributed by atoms with Gasteiger partial charge in [-0.05, 0) is 69.8 Å². The second kappa shape index (κ2) is 9.35. The predicted molar refractivity (Wildman–Crippen MR) is 142 cm³/mol. The molecule has 1 saturated carbocycles. The molecule has 0 radical (unpaired) electrons. The van der Waals surface area contributed by atoms with Crippen LogP contribution in [0.2, 0.25) is 0 Å². The molecule has 4 aliphatic rings. The number of anilines is 1. The molecule has 1 unspecified atom stereocenters. The average molecular weight is 541 g/mol. The topological polar surface area (TPSA) is 177 Å². The van der Waals surface area contributed by atoms with Crippen LogP contribution in [0.25, 0.3) is 0 Å². The quantitative estimate of drug-likeness (QED) is 0.270. The summed E-state index contributed by atoms with van der Waals surface area (Å²) in [7, 11) is 6.90. The number of allylic oxidation sites excluding steroid dienone is 1. The number of hydrogen-bond donors (Lipinski definition) is 6. The van der Waals surface area contributed by atoms with Gasteiger partial charge < -0.3 is 36.4 Å². The fraction of sp³-hybridized carbons (Fsp3) is 0.536. The molecule has 4 aliphatic carbocycles. The van der Waals surface area contributed by atoms with Crippen molar-refractivity contribution in [3.8, 4) is 5.75 Å². The number of phenols is 1. The number of benzene rings is 1. The van der Waals surface area contributed by atoms with Crippen molar-refractivity contribution in [2.45, 2.75) is 43.9 Å². The zero-order chi connectivity index (χ0) is 28.5. The minimum Gasteiger partial charge on any atom is -0.510 e. The number of fused-ring (bicyclic) bond motifs is 3. The first kappa shape index (κ1) is 27.2. The standard InChI is InChI=1S/C28H36N4O7/c1-31(2)17-9-14(11-30-10-12-5-6-12)22(33)19-15(17)7-13-8-16-21(32(3)4)24(35)20(27(29)38)26(37)28(16,39)25(36)18(13)23(19)34/h9,12-13,16,21,30,33,35-36,39H,5-8,10-11H2,1-4H3,(H2,29,38)/t13-,16-,21?,28-/m0/s1. The maximum absolute atomic E-state index is 14.0. The summed E-state index contributed by atoms with van der Waals surface area (Å²) in [5, 5.41) is 48.7. The van der Waals surface area contributed by atoms with Crippen LogP contribution in [0, 0.1) is 17.8 Å². The van der Waals surface area contributed by atoms with Gasteiger partial charge in [-0.1, -0.05) is 0 Å². The SMILES string of the molecule is CN(C)c1cc(CNCC2CC2)c(O)c2c1C[C@H]1C[C@H]3C(N(C)C)C(O)=C(C(N)=O)C(=O)[C@@]3(O)C(O)=C1C2=O. The molecule has 1 amide bonds. The number of hydrogen-bond acceptors (Lipinski definition) is 10. The van der Waals surface area contributed by atoms with Crippen molar-refractivity contribution in [3.63, 3.8) is 0 Å². The first-order chi connectivity index (χ1) is 18.3. The first-order valence-corrected chi connectivity index (χ1v) is 13.2. The number of Topliss-reactive ketones (excluding diaryl/α,β-unsaturated/α-hetero) is 2. The maximum atomic E-state index is 14.0. The van der Waals surface area contributed by atoms with Crippen molar-refractivity contribution < 1.29 is 34.8 Å². The molecule has 4 atom stereocenters. The third-order valence-electron chi connectivity index (χ3n) is 8.71. The third-order valence-corrected chi connectivity index (χ3v) is 8.71. The van der Waals surface area contributed by atoms with Gasteiger partial charge in [0.1, 0.15) is 22.8 Å². The monoisotopic (exact) mass is 540 g/mol. The van der Waals surface area contributed by atoms with E-state index < -0.39 is 58.0 Å². The summed E-state index contributed by atoms with van der Waals surface area (Å²) < 4.78 is 0. The van der Waals surface area contributed by atoms with Gasteiger partial charge in [0.05, 0.1) is 11.6 Å². The number of amides is 1. The lowest BCUT2D eigenvalue weighted by Gasteiger charge is -2.50. The molecule has 7 N–H and O–H groups in total. The highest BCUT2D eigenvalue weighted by atomic mass is 16.3. The van der Waals surface area contributed by atoms with Gasteiger partial charge in [0.2, 0.25) is 5.78 Å². The zero-order valence-electron chi connectivity index (χ0n) is 22.6. The second-order valence-electron chi connectivity index (χ2n) is 11.7. The van der Waals surface area contributed by atoms with Crippen molar-refractivity contribution in [1.82, 2.24) is 10.2 Å². The van der Waals surface area contributed by atoms with Crippen LogP contribution < -0.4 is 16.0 Å². The molecule has 1 aromatic rings. The number of rotatable bonds is 7. The lowest BCUT2D eigenvalue weighted by Crippen LogP contribution is -2.63. The Kier molecular flexibility index (Phi) is 6.52. The van der Waals surface area contributed by atoms with Crippen molar-refractivity contribution in [1.29, 1.82) is 0 Å². The Morgan fingerprint density at radius 3 is 2.38 bits per heavy atom. The number of nitrogens with one attached hydrogen (secondary N) is 1. The van der Waals surface area contributed by atoms with Gasteiger partial charge in [-0.3, -0.25) is 19.3 Å². The molecule has 1 fully saturated rings. The van der Waals surface area contributed by atoms with Crippen LogP contribution >= 0.6 is 0 Å². The number of carbonyl (C=O) groups is 3. The lowest BCUT2D eigenvalue weighted by atomic mass is 9.58. The number of likely N-dealkylation sites (N-methyl/N-ethyl adjacent to an activating group) is 1. The van der Waals surface area contributed by atoms with Crippen LogP contribution in [-0.2, 0) is 22.6 Å². The molecule has 0 saturated heterocycles. The molecule has 0 aromatic heterocycles. The minimum atomic E-state index is -2.64. The van der Waals surface area contributed by atoms with Crippen LogP contribution in [0.3, 0.4) is 0 Å². The molecule has 5 rings (SSSR count). The fourth-order valence-corrected chi connectivity index (χ4v) is 6.62. The zero-order valence-corrected chi connectivity index (χ0v) is 22.6. The molecule has 11 heteroatoms. The van der Waals surface area contributed by atoms with Crippen LogP contribution in [-0.4, -0.2) is 89.2 Å². The van der Waals surface area contributed by atoms with Crippen molar-refractivity contribution in [2.24, 2.45) is 23.5 Å². The number of carbonyl (C=O) groups excluding carboxylic acids is 3. The number of aliphatic hydroxyl groups is 3. The van der Waals surface area contributed by atoms with Gasteiger partial charge in [0, 0.05) is 43.4 Å². The summed E-state index contributed by atoms with van der Waals surface area (Å²) >= 11 is 0. The van der Waals surface area contributed by atoms with Gasteiger partial charge in [-0.25, -0.2) is 0 Å². The molecule has 0 spiro atoms. The van der Waals surface area contributed by atoms with E-state index in [0.29, 0.717) is 23.6 Å². The smallest absolute Gasteiger partial charge is 0.255 e. The fourth-order valence-electron chi connectivity index (χ4n) is 6.62. The Morgan fingerprint density at radius 1 is 1.15 bits per heavy atom. The molecule has 210 valence electrons. The van der Waals surface area contributed by atoms with Gasteiger partial charge in [-0.2, -0.15) is 0 Å². The van der Waals surface area contributed by atoms with E-state index in [4.69, 9.17) is 5.73 Å². The Labute approximate surface area is 226 Å². The highest BCUT2D eigenvalue weighted by molar-refractivity contribution is 6.24. The summed E-state index contributed by atoms with van der Waals surface area (Å²) in [6, 6.07) is 0.840. The van der Waals surface area contributed by atoms with E-state index in [2.05, 4.69) is 5.32 Å². The van der Waals surface area contributed by atoms with E-state index in [1.807, 2.05) is 25.1 Å². The molecule has 1 aromatic carbocycles. The van der Waals surface area contributed by atoms with Gasteiger partial charge >= 0.3 is 0 Å². The third kappa shape index (κ3) is 4.02. The molecule has 0 heterocycles. The lowest BCUT2D eigenvalue weighted by molar-refractivity contribution is -0.148. The van der Waals surface area contributed by atoms with Crippen LogP contribution in [0.15, 0.2) is 28.7 Å². The maximum Gasteiger partial charge on any atom is 0.255 e. The molecule has 0 bridgehead atoms. The number of nitrogens with two attached hydrogens (primary N) is 1. The summed E-state index contributed by atoms with van der Waals surface area (Å²) in [6.07, 6.45) is 2.65. The highest BCUT2D eigenvalue weighted by Gasteiger charge is 2.63. The van der Waals surface area contributed by atoms with Crippen molar-refractivity contribution in [2.75, 3.05) is 39.6 Å². The summed E-state index contributed by atoms with van der Waals surface area (Å²) in [5.41, 5.74) is 3.70. The Morgan fingerprint density at radius 2 is 1.82 bits per heavy atom. The number of aliphatic hydroxyl groups excluding tert-OH is 2. The molecule has 11 nitrogen and oxygen atoms in total. The number of phenolic OH excluding ortho intramolecular Hbond substituents is 1. The number of primary amides is 1. The average Bonchev–Trinajstić information content (AvgIpc) is 3.66. The Bertz CT molecular complexity index is 1340. The highest BCUT2D eigenvalue weighted by Crippen LogP contribution is 2.53. The molecule has 39 heavy (non-hydrogen) atoms. The van der Waals surface area contributed by atoms with E-state index in [9.17, 15) is 34.8 Å². The summed E-state index contributed by atoms with van der Waals surface area (Å²) in [5.74, 6) is -5.83. The van der Waals surface area contributed by atoms with E-state index in [1.54, 1.807) is 14.1 Å². The predicted octanol–water partition coefficient (Wildman–Crippen LogP) is 0.686. The van der Waals surface area contributed by atoms with Gasteiger partial charge in [-0.15, -0.1) is 0 Å². The van der Waals surface area contributed by atoms with E-state index in [0.717, 1.165) is 12.2 Å². The van der Waals surface area contributed by atoms with E-state index in [1.165, 1.54) is 17.7 Å². The first-order valence-electron chi connectivity index (χ1n) is 13.2. The second-order valence-corrected chi connectivity index (χ2v) is 11.7. The molecule has 0 aliphatic heterocycles. The van der Waals surface area contributed by atoms with Gasteiger partial charge in [0.15, 0.2) is 11.4 Å². The Balaban J connectivity index is 1.65. The van der Waals surface area contributed by atoms with Crippen molar-refractivity contribution in [3.05, 3.63) is 45.4 Å². The van der Waals surface area contributed by atoms with Crippen LogP contribution in [0.5, 0.6) is 5.75 Å². The van der Waals surface area contributed by atoms with Gasteiger partial charge in [0.25, 0.3) is 5.91 Å². The van der Waals surface area contributed by atoms with Crippen LogP contribution in [0.4, 0.5) is 5.69 Å². The van der Waals surface area contributed by atoms with Crippen molar-refractivity contribution >= 4 is 23.2 Å². The van der Waals surface area contributed by atoms with Crippen LogP contribution in [0.1, 0.15) is 40.7 Å².